The van der Waals surface area contributed by atoms with Crippen molar-refractivity contribution in [3.05, 3.63) is 0 Å². The first-order chi connectivity index (χ1) is 51.2. The Morgan fingerprint density at radius 2 is 0.632 bits per heavy atom. The van der Waals surface area contributed by atoms with Crippen molar-refractivity contribution in [2.24, 2.45) is 142 Å². The van der Waals surface area contributed by atoms with Gasteiger partial charge >= 0.3 is 0 Å². The molecule has 26 bridgehead atoms. The molecule has 36 unspecified atom stereocenters. The predicted molar refractivity (Wildman–Crippen MR) is 448 cm³/mol. The van der Waals surface area contributed by atoms with Crippen LogP contribution in [0.25, 0.3) is 0 Å². The van der Waals surface area contributed by atoms with Crippen LogP contribution < -0.4 is 63.8 Å². The van der Waals surface area contributed by atoms with E-state index in [9.17, 15) is 0 Å². The lowest BCUT2D eigenvalue weighted by Crippen LogP contribution is -2.49. The Morgan fingerprint density at radius 1 is 0.208 bits per heavy atom. The second-order valence-electron chi connectivity index (χ2n) is 44.3. The van der Waals surface area contributed by atoms with Crippen LogP contribution in [0.3, 0.4) is 0 Å². The zero-order valence-electron chi connectivity index (χ0n) is 71.1. The summed E-state index contributed by atoms with van der Waals surface area (Å²) in [5.41, 5.74) is 0.722. The lowest BCUT2D eigenvalue weighted by molar-refractivity contribution is 0.0690. The van der Waals surface area contributed by atoms with Crippen LogP contribution in [0.15, 0.2) is 0 Å². The van der Waals surface area contributed by atoms with Crippen LogP contribution in [-0.2, 0) is 0 Å². The second-order valence-corrected chi connectivity index (χ2v) is 44.3. The van der Waals surface area contributed by atoms with E-state index >= 15 is 0 Å². The molecule has 0 amide bonds. The van der Waals surface area contributed by atoms with Gasteiger partial charge in [0.2, 0.25) is 0 Å². The minimum atomic E-state index is 0.722. The Balaban J connectivity index is 0.0000000973. The molecule has 11 saturated carbocycles. The van der Waals surface area contributed by atoms with Gasteiger partial charge in [0.25, 0.3) is 0 Å². The molecule has 12 nitrogen and oxygen atoms in total. The standard InChI is InChI=1S/C11H19N.C9H17N.4C8H15N.6C7H13N/c1-11-4-8-2-9(5-11)7-12-10(3-8)6-11;1-7-4-8-2-3-9(7)6-10-5-8;1-6-2-7-4-8(3-6)9-5-7;1-6-4-7-2-3-8(6)9-5-7;1-6-4-7-2-3-8(5-6)9-7;1-6-2-3-7-4-5-8(6)9-7;2*1-5-2-7-3-6(5)4-8-7;2*1-5-2-6-3-7(5)8-4-6;2*1-5-6-2-3-7(5)8-4-6/h8-10,12H,2-7H2,1H3;7-10H,2-6H2,1H3;4*6-9H,2-5H2,1H3;6*5-8H,2-4H2,1H3. The molecule has 106 heavy (non-hydrogen) atoms. The first kappa shape index (κ1) is 82.1. The molecule has 0 spiro atoms. The first-order valence-electron chi connectivity index (χ1n) is 48.0. The van der Waals surface area contributed by atoms with Gasteiger partial charge in [-0.15, -0.1) is 0 Å². The van der Waals surface area contributed by atoms with Crippen molar-refractivity contribution in [2.45, 2.75) is 380 Å². The third kappa shape index (κ3) is 22.4. The highest BCUT2D eigenvalue weighted by molar-refractivity contribution is 5.02. The van der Waals surface area contributed by atoms with E-state index in [0.29, 0.717) is 0 Å². The minimum absolute atomic E-state index is 0.722. The fourth-order valence-electron chi connectivity index (χ4n) is 28.7. The zero-order valence-corrected chi connectivity index (χ0v) is 71.1. The number of nitrogens with one attached hydrogen (secondary N) is 12. The van der Waals surface area contributed by atoms with Crippen LogP contribution in [-0.4, -0.2) is 151 Å². The Morgan fingerprint density at radius 3 is 1.05 bits per heavy atom. The molecule has 0 aromatic rings. The first-order valence-corrected chi connectivity index (χ1v) is 48.0. The van der Waals surface area contributed by atoms with E-state index in [1.54, 1.807) is 0 Å². The molecule has 11 aliphatic carbocycles. The number of piperidine rings is 10. The maximum atomic E-state index is 3.73. The molecule has 0 aromatic heterocycles. The maximum absolute atomic E-state index is 3.73. The molecule has 610 valence electrons. The van der Waals surface area contributed by atoms with Gasteiger partial charge in [-0.25, -0.2) is 0 Å². The Bertz CT molecular complexity index is 2320. The Labute approximate surface area is 653 Å². The zero-order chi connectivity index (χ0) is 73.6. The molecular weight excluding hydrogens is 1300 g/mol. The molecule has 36 atom stereocenters. The summed E-state index contributed by atoms with van der Waals surface area (Å²) >= 11 is 0. The van der Waals surface area contributed by atoms with Gasteiger partial charge in [0.1, 0.15) is 0 Å². The van der Waals surface area contributed by atoms with Gasteiger partial charge in [0.15, 0.2) is 0 Å². The minimum Gasteiger partial charge on any atom is -0.316 e. The van der Waals surface area contributed by atoms with Crippen molar-refractivity contribution < 1.29 is 0 Å². The van der Waals surface area contributed by atoms with Crippen LogP contribution in [0.5, 0.6) is 0 Å². The summed E-state index contributed by atoms with van der Waals surface area (Å²) in [7, 11) is 0. The second kappa shape index (κ2) is 38.5. The van der Waals surface area contributed by atoms with Gasteiger partial charge < -0.3 is 63.8 Å². The summed E-state index contributed by atoms with van der Waals surface area (Å²) in [5.74, 6) is 23.1. The van der Waals surface area contributed by atoms with Gasteiger partial charge in [-0.1, -0.05) is 83.1 Å². The number of rotatable bonds is 0. The number of hydrogen-bond acceptors (Lipinski definition) is 12. The van der Waals surface area contributed by atoms with Gasteiger partial charge in [-0.05, 0) is 432 Å². The Hall–Kier alpha value is -0.480. The van der Waals surface area contributed by atoms with E-state index in [4.69, 9.17) is 0 Å². The topological polar surface area (TPSA) is 144 Å². The summed E-state index contributed by atoms with van der Waals surface area (Å²) in [6.45, 7) is 43.0. The summed E-state index contributed by atoms with van der Waals surface area (Å²) in [6.07, 6.45) is 49.7. The highest BCUT2D eigenvalue weighted by Crippen LogP contribution is 2.53. The van der Waals surface area contributed by atoms with Crippen molar-refractivity contribution in [1.82, 2.24) is 63.8 Å². The molecule has 0 radical (unpaired) electrons. The van der Waals surface area contributed by atoms with E-state index < -0.39 is 0 Å². The molecule has 17 saturated heterocycles. The quantitative estimate of drug-likeness (QED) is 0.112. The Kier molecular flexibility index (Phi) is 29.8. The molecule has 12 heteroatoms. The lowest BCUT2D eigenvalue weighted by Gasteiger charge is -2.45. The molecule has 28 rings (SSSR count). The largest absolute Gasteiger partial charge is 0.316 e. The van der Waals surface area contributed by atoms with Crippen molar-refractivity contribution in [2.75, 3.05) is 72.0 Å². The molecular formula is C94H174N12. The molecule has 17 aliphatic heterocycles. The monoisotopic (exact) mass is 1470 g/mol. The molecule has 17 heterocycles. The van der Waals surface area contributed by atoms with Crippen molar-refractivity contribution in [1.29, 1.82) is 0 Å². The number of hydrogen-bond donors (Lipinski definition) is 12. The normalized spacial score (nSPS) is 51.7. The summed E-state index contributed by atoms with van der Waals surface area (Å²) < 4.78 is 0. The third-order valence-corrected chi connectivity index (χ3v) is 35.4. The summed E-state index contributed by atoms with van der Waals surface area (Å²) in [6, 6.07) is 11.5. The van der Waals surface area contributed by atoms with E-state index in [2.05, 4.69) is 147 Å². The van der Waals surface area contributed by atoms with Gasteiger partial charge in [0, 0.05) is 78.5 Å². The highest BCUT2D eigenvalue weighted by atomic mass is 15.0. The third-order valence-electron chi connectivity index (χ3n) is 35.4. The van der Waals surface area contributed by atoms with E-state index in [-0.39, 0.29) is 0 Å². The lowest BCUT2D eigenvalue weighted by atomic mass is 9.60. The van der Waals surface area contributed by atoms with Crippen LogP contribution in [0.2, 0.25) is 0 Å². The molecule has 12 N–H and O–H groups in total. The number of fused-ring (bicyclic) bond motifs is 26. The summed E-state index contributed by atoms with van der Waals surface area (Å²) in [5, 5.41) is 42.6. The maximum Gasteiger partial charge on any atom is 0.00960 e. The van der Waals surface area contributed by atoms with Gasteiger partial charge in [0.05, 0.1) is 0 Å². The molecule has 0 aromatic carbocycles. The van der Waals surface area contributed by atoms with Crippen molar-refractivity contribution in [3.63, 3.8) is 0 Å². The fraction of sp³-hybridized carbons (Fsp3) is 1.00. The van der Waals surface area contributed by atoms with Crippen LogP contribution in [0.4, 0.5) is 0 Å². The van der Waals surface area contributed by atoms with E-state index in [0.717, 1.165) is 220 Å². The predicted octanol–water partition coefficient (Wildman–Crippen LogP) is 15.7. The fourth-order valence-corrected chi connectivity index (χ4v) is 28.7. The van der Waals surface area contributed by atoms with Crippen molar-refractivity contribution >= 4 is 0 Å². The smallest absolute Gasteiger partial charge is 0.00960 e. The molecule has 28 aliphatic rings. The SMILES string of the molecule is CC12CC3CNC(CC(C3)C1)C2.CC1C2CCC1NC2.CC1C2CCC1NC2.CC1CC2CC1CN2.CC1CC2CC1CN2.CC1CC2CCC(C1)N2.CC1CC2CCC1CNC2.CC1CC2CCC1NC2.CC1CC2CNC(C1)C2.CC1CC2CNC1C2.CC1CC2CNC1C2.CC1CCC2CCC1N2. The van der Waals surface area contributed by atoms with Crippen molar-refractivity contribution in [3.8, 4) is 0 Å². The summed E-state index contributed by atoms with van der Waals surface area (Å²) in [4.78, 5) is 0. The van der Waals surface area contributed by atoms with E-state index in [1.807, 2.05) is 0 Å². The van der Waals surface area contributed by atoms with E-state index in [1.165, 1.54) is 290 Å². The van der Waals surface area contributed by atoms with Gasteiger partial charge in [-0.3, -0.25) is 0 Å². The molecule has 28 fully saturated rings. The average molecular weight is 1470 g/mol. The average Bonchev–Trinajstić information content (AvgIpc) is 1.70. The van der Waals surface area contributed by atoms with Crippen LogP contribution >= 0.6 is 0 Å². The van der Waals surface area contributed by atoms with Gasteiger partial charge in [-0.2, -0.15) is 0 Å². The van der Waals surface area contributed by atoms with Crippen LogP contribution in [0.1, 0.15) is 301 Å². The van der Waals surface area contributed by atoms with Crippen LogP contribution in [0, 0.1) is 142 Å². The highest BCUT2D eigenvalue weighted by Gasteiger charge is 2.47.